The van der Waals surface area contributed by atoms with Gasteiger partial charge in [0.15, 0.2) is 0 Å². The molecule has 1 fully saturated rings. The minimum Gasteiger partial charge on any atom is -0.295 e. The molecule has 0 unspecified atom stereocenters. The number of barbiturate groups is 1. The minimum absolute atomic E-state index is 0.0973. The molecule has 0 bridgehead atoms. The third-order valence-electron chi connectivity index (χ3n) is 4.25. The fourth-order valence-corrected chi connectivity index (χ4v) is 2.76. The summed E-state index contributed by atoms with van der Waals surface area (Å²) < 4.78 is 3.01. The van der Waals surface area contributed by atoms with E-state index in [2.05, 4.69) is 0 Å². The second-order valence-corrected chi connectivity index (χ2v) is 5.72. The van der Waals surface area contributed by atoms with Crippen LogP contribution in [0.25, 0.3) is 17.1 Å². The lowest BCUT2D eigenvalue weighted by molar-refractivity contribution is -0.134. The SMILES string of the molecule is CN1C(=O)C(=Cc2ccc3c(c2)n(C)c(=O)n3C)C(=O)N(C)C1=O. The number of hydrogen-bond acceptors (Lipinski definition) is 4. The number of likely N-dealkylation sites (N-methyl/N-ethyl adjacent to an activating group) is 2. The Labute approximate surface area is 137 Å². The molecule has 3 rings (SSSR count). The molecule has 0 spiro atoms. The highest BCUT2D eigenvalue weighted by atomic mass is 16.2. The van der Waals surface area contributed by atoms with Crippen molar-refractivity contribution in [2.75, 3.05) is 14.1 Å². The normalized spacial score (nSPS) is 15.7. The van der Waals surface area contributed by atoms with Gasteiger partial charge in [-0.15, -0.1) is 0 Å². The Morgan fingerprint density at radius 2 is 1.33 bits per heavy atom. The smallest absolute Gasteiger partial charge is 0.295 e. The average Bonchev–Trinajstić information content (AvgIpc) is 2.79. The van der Waals surface area contributed by atoms with Crippen molar-refractivity contribution in [3.63, 3.8) is 0 Å². The van der Waals surface area contributed by atoms with Crippen LogP contribution in [0.4, 0.5) is 4.79 Å². The maximum atomic E-state index is 12.2. The molecule has 1 aromatic heterocycles. The van der Waals surface area contributed by atoms with E-state index < -0.39 is 17.8 Å². The monoisotopic (exact) mass is 328 g/mol. The summed E-state index contributed by atoms with van der Waals surface area (Å²) in [5, 5.41) is 0. The zero-order valence-electron chi connectivity index (χ0n) is 13.7. The number of carbonyl (C=O) groups excluding carboxylic acids is 3. The number of rotatable bonds is 1. The van der Waals surface area contributed by atoms with Gasteiger partial charge in [0.1, 0.15) is 5.57 Å². The first-order valence-corrected chi connectivity index (χ1v) is 7.21. The molecule has 1 saturated heterocycles. The van der Waals surface area contributed by atoms with Crippen LogP contribution >= 0.6 is 0 Å². The summed E-state index contributed by atoms with van der Waals surface area (Å²) in [6.07, 6.45) is 1.43. The molecule has 24 heavy (non-hydrogen) atoms. The quantitative estimate of drug-likeness (QED) is 0.557. The summed E-state index contributed by atoms with van der Waals surface area (Å²) >= 11 is 0. The van der Waals surface area contributed by atoms with Crippen LogP contribution in [0.3, 0.4) is 0 Å². The molecule has 1 aromatic carbocycles. The van der Waals surface area contributed by atoms with Crippen LogP contribution < -0.4 is 5.69 Å². The highest BCUT2D eigenvalue weighted by Crippen LogP contribution is 2.20. The molecule has 0 aliphatic carbocycles. The molecule has 8 heteroatoms. The Morgan fingerprint density at radius 3 is 1.92 bits per heavy atom. The lowest BCUT2D eigenvalue weighted by atomic mass is 10.1. The molecule has 2 aromatic rings. The van der Waals surface area contributed by atoms with Gasteiger partial charge in [-0.1, -0.05) is 6.07 Å². The Bertz CT molecular complexity index is 969. The molecule has 0 radical (unpaired) electrons. The van der Waals surface area contributed by atoms with E-state index in [0.29, 0.717) is 11.1 Å². The van der Waals surface area contributed by atoms with Crippen LogP contribution in [0.1, 0.15) is 5.56 Å². The summed E-state index contributed by atoms with van der Waals surface area (Å²) in [5.74, 6) is -1.30. The number of carbonyl (C=O) groups is 3. The largest absolute Gasteiger partial charge is 0.333 e. The van der Waals surface area contributed by atoms with Crippen LogP contribution in [0.2, 0.25) is 0 Å². The topological polar surface area (TPSA) is 84.6 Å². The number of amides is 4. The van der Waals surface area contributed by atoms with Crippen molar-refractivity contribution in [3.8, 4) is 0 Å². The third-order valence-corrected chi connectivity index (χ3v) is 4.25. The number of hydrogen-bond donors (Lipinski definition) is 0. The molecular formula is C16H16N4O4. The van der Waals surface area contributed by atoms with Crippen molar-refractivity contribution >= 4 is 35.0 Å². The van der Waals surface area contributed by atoms with E-state index in [9.17, 15) is 19.2 Å². The molecular weight excluding hydrogens is 312 g/mol. The Morgan fingerprint density at radius 1 is 0.792 bits per heavy atom. The van der Waals surface area contributed by atoms with Crippen LogP contribution in [0.5, 0.6) is 0 Å². The lowest BCUT2D eigenvalue weighted by Gasteiger charge is -2.28. The van der Waals surface area contributed by atoms with Gasteiger partial charge >= 0.3 is 11.7 Å². The zero-order chi connectivity index (χ0) is 17.8. The van der Waals surface area contributed by atoms with Crippen LogP contribution in [0.15, 0.2) is 28.6 Å². The fourth-order valence-electron chi connectivity index (χ4n) is 2.76. The van der Waals surface area contributed by atoms with E-state index in [1.165, 1.54) is 29.3 Å². The van der Waals surface area contributed by atoms with Crippen molar-refractivity contribution in [3.05, 3.63) is 39.8 Å². The van der Waals surface area contributed by atoms with Gasteiger partial charge in [0.2, 0.25) is 0 Å². The van der Waals surface area contributed by atoms with Crippen molar-refractivity contribution in [2.24, 2.45) is 14.1 Å². The fraction of sp³-hybridized carbons (Fsp3) is 0.250. The molecule has 0 atom stereocenters. The number of urea groups is 1. The number of nitrogens with zero attached hydrogens (tertiary/aromatic N) is 4. The minimum atomic E-state index is -0.664. The van der Waals surface area contributed by atoms with Gasteiger partial charge in [0, 0.05) is 28.2 Å². The van der Waals surface area contributed by atoms with E-state index in [1.54, 1.807) is 32.3 Å². The molecule has 0 saturated carbocycles. The molecule has 1 aliphatic rings. The maximum absolute atomic E-state index is 12.2. The van der Waals surface area contributed by atoms with E-state index in [4.69, 9.17) is 0 Å². The Hall–Kier alpha value is -3.16. The van der Waals surface area contributed by atoms with Gasteiger partial charge in [-0.2, -0.15) is 0 Å². The van der Waals surface area contributed by atoms with E-state index in [-0.39, 0.29) is 11.3 Å². The second kappa shape index (κ2) is 5.19. The van der Waals surface area contributed by atoms with E-state index in [0.717, 1.165) is 15.3 Å². The summed E-state index contributed by atoms with van der Waals surface area (Å²) in [7, 11) is 5.97. The summed E-state index contributed by atoms with van der Waals surface area (Å²) in [5.41, 5.74) is 1.77. The Balaban J connectivity index is 2.14. The van der Waals surface area contributed by atoms with Crippen molar-refractivity contribution in [2.45, 2.75) is 0 Å². The first-order valence-electron chi connectivity index (χ1n) is 7.21. The summed E-state index contributed by atoms with van der Waals surface area (Å²) in [6, 6.07) is 4.52. The first-order chi connectivity index (χ1) is 11.2. The second-order valence-electron chi connectivity index (χ2n) is 5.72. The Kier molecular flexibility index (Phi) is 3.40. The zero-order valence-corrected chi connectivity index (χ0v) is 13.7. The van der Waals surface area contributed by atoms with Crippen LogP contribution in [-0.4, -0.2) is 50.9 Å². The number of imidazole rings is 1. The van der Waals surface area contributed by atoms with Gasteiger partial charge in [-0.25, -0.2) is 9.59 Å². The van der Waals surface area contributed by atoms with E-state index in [1.807, 2.05) is 0 Å². The van der Waals surface area contributed by atoms with Gasteiger partial charge < -0.3 is 0 Å². The standard InChI is InChI=1S/C16H16N4O4/c1-17-11-6-5-9(8-12(11)18(2)15(17)23)7-10-13(21)19(3)16(24)20(4)14(10)22/h5-8H,1-4H3. The molecule has 124 valence electrons. The highest BCUT2D eigenvalue weighted by Gasteiger charge is 2.37. The van der Waals surface area contributed by atoms with E-state index >= 15 is 0 Å². The third kappa shape index (κ3) is 2.07. The number of benzene rings is 1. The highest BCUT2D eigenvalue weighted by molar-refractivity contribution is 6.30. The summed E-state index contributed by atoms with van der Waals surface area (Å²) in [6.45, 7) is 0. The first kappa shape index (κ1) is 15.7. The van der Waals surface area contributed by atoms with Crippen LogP contribution in [0, 0.1) is 0 Å². The number of fused-ring (bicyclic) bond motifs is 1. The van der Waals surface area contributed by atoms with Crippen LogP contribution in [-0.2, 0) is 23.7 Å². The predicted octanol–water partition coefficient (Wildman–Crippen LogP) is 0.311. The number of imide groups is 2. The van der Waals surface area contributed by atoms with Gasteiger partial charge in [-0.05, 0) is 23.8 Å². The van der Waals surface area contributed by atoms with Crippen molar-refractivity contribution in [1.29, 1.82) is 0 Å². The van der Waals surface area contributed by atoms with Gasteiger partial charge in [0.25, 0.3) is 11.8 Å². The molecule has 4 amide bonds. The van der Waals surface area contributed by atoms with Crippen molar-refractivity contribution < 1.29 is 14.4 Å². The summed E-state index contributed by atoms with van der Waals surface area (Å²) in [4.78, 5) is 49.9. The molecule has 2 heterocycles. The van der Waals surface area contributed by atoms with Crippen molar-refractivity contribution in [1.82, 2.24) is 18.9 Å². The average molecular weight is 328 g/mol. The molecule has 8 nitrogen and oxygen atoms in total. The van der Waals surface area contributed by atoms with Gasteiger partial charge in [0.05, 0.1) is 11.0 Å². The molecule has 1 aliphatic heterocycles. The van der Waals surface area contributed by atoms with Gasteiger partial charge in [-0.3, -0.25) is 28.5 Å². The number of aryl methyl sites for hydroxylation is 2. The molecule has 0 N–H and O–H groups in total. The lowest BCUT2D eigenvalue weighted by Crippen LogP contribution is -2.52. The maximum Gasteiger partial charge on any atom is 0.333 e. The predicted molar refractivity (Wildman–Crippen MR) is 87.1 cm³/mol. The number of aromatic nitrogens is 2.